The number of sulfonamides is 1. The van der Waals surface area contributed by atoms with E-state index >= 15 is 0 Å². The molecule has 1 saturated heterocycles. The Hall–Kier alpha value is -1.93. The summed E-state index contributed by atoms with van der Waals surface area (Å²) >= 11 is 5.95. The van der Waals surface area contributed by atoms with E-state index in [-0.39, 0.29) is 17.6 Å². The SMILES string of the molecule is COCc1cccc(NC(=O)C2CCN(S(=O)(=O)Cc3cccc(Cl)c3)CC2)c1. The van der Waals surface area contributed by atoms with Crippen molar-refractivity contribution < 1.29 is 17.9 Å². The van der Waals surface area contributed by atoms with Gasteiger partial charge in [0.15, 0.2) is 0 Å². The topological polar surface area (TPSA) is 75.7 Å². The van der Waals surface area contributed by atoms with Crippen LogP contribution < -0.4 is 5.32 Å². The highest BCUT2D eigenvalue weighted by Crippen LogP contribution is 2.24. The molecule has 0 radical (unpaired) electrons. The second-order valence-electron chi connectivity index (χ2n) is 7.18. The molecule has 2 aromatic rings. The van der Waals surface area contributed by atoms with Gasteiger partial charge in [0.05, 0.1) is 12.4 Å². The number of carbonyl (C=O) groups is 1. The molecule has 8 heteroatoms. The van der Waals surface area contributed by atoms with E-state index in [1.54, 1.807) is 31.4 Å². The number of hydrogen-bond donors (Lipinski definition) is 1. The Labute approximate surface area is 176 Å². The fourth-order valence-corrected chi connectivity index (χ4v) is 5.24. The number of carbonyl (C=O) groups excluding carboxylic acids is 1. The van der Waals surface area contributed by atoms with Gasteiger partial charge in [-0.3, -0.25) is 4.79 Å². The van der Waals surface area contributed by atoms with Crippen LogP contribution in [0.5, 0.6) is 0 Å². The summed E-state index contributed by atoms with van der Waals surface area (Å²) in [5.41, 5.74) is 2.36. The Balaban J connectivity index is 1.55. The summed E-state index contributed by atoms with van der Waals surface area (Å²) in [6.07, 6.45) is 0.997. The van der Waals surface area contributed by atoms with Gasteiger partial charge in [0, 0.05) is 36.8 Å². The first-order valence-corrected chi connectivity index (χ1v) is 11.5. The van der Waals surface area contributed by atoms with Gasteiger partial charge in [0.2, 0.25) is 15.9 Å². The molecule has 1 heterocycles. The smallest absolute Gasteiger partial charge is 0.227 e. The molecule has 1 amide bonds. The van der Waals surface area contributed by atoms with Crippen LogP contribution in [0.2, 0.25) is 5.02 Å². The quantitative estimate of drug-likeness (QED) is 0.718. The predicted octanol–water partition coefficient (Wildman–Crippen LogP) is 3.67. The summed E-state index contributed by atoms with van der Waals surface area (Å²) in [6.45, 7) is 1.15. The van der Waals surface area contributed by atoms with Crippen LogP contribution in [0, 0.1) is 5.92 Å². The number of halogens is 1. The van der Waals surface area contributed by atoms with Gasteiger partial charge in [-0.05, 0) is 48.2 Å². The fraction of sp³-hybridized carbons (Fsp3) is 0.381. The van der Waals surface area contributed by atoms with Crippen LogP contribution in [0.4, 0.5) is 5.69 Å². The second-order valence-corrected chi connectivity index (χ2v) is 9.59. The summed E-state index contributed by atoms with van der Waals surface area (Å²) in [5, 5.41) is 3.45. The molecule has 1 aliphatic heterocycles. The van der Waals surface area contributed by atoms with Crippen molar-refractivity contribution in [2.45, 2.75) is 25.2 Å². The fourth-order valence-electron chi connectivity index (χ4n) is 3.47. The zero-order valence-corrected chi connectivity index (χ0v) is 17.9. The van der Waals surface area contributed by atoms with Crippen LogP contribution in [-0.2, 0) is 31.9 Å². The summed E-state index contributed by atoms with van der Waals surface area (Å²) in [5.74, 6) is -0.373. The first-order chi connectivity index (χ1) is 13.9. The van der Waals surface area contributed by atoms with Gasteiger partial charge in [-0.1, -0.05) is 35.9 Å². The Morgan fingerprint density at radius 1 is 1.14 bits per heavy atom. The number of benzene rings is 2. The number of hydrogen-bond acceptors (Lipinski definition) is 4. The van der Waals surface area contributed by atoms with E-state index in [0.717, 1.165) is 11.3 Å². The van der Waals surface area contributed by atoms with E-state index in [2.05, 4.69) is 5.32 Å². The maximum Gasteiger partial charge on any atom is 0.227 e. The molecule has 0 atom stereocenters. The normalized spacial score (nSPS) is 15.9. The average Bonchev–Trinajstić information content (AvgIpc) is 2.68. The van der Waals surface area contributed by atoms with Crippen molar-refractivity contribution in [3.63, 3.8) is 0 Å². The molecular formula is C21H25ClN2O4S. The van der Waals surface area contributed by atoms with Gasteiger partial charge in [0.25, 0.3) is 0 Å². The predicted molar refractivity (Wildman–Crippen MR) is 114 cm³/mol. The first kappa shape index (κ1) is 21.8. The zero-order valence-electron chi connectivity index (χ0n) is 16.3. The summed E-state index contributed by atoms with van der Waals surface area (Å²) in [7, 11) is -1.82. The van der Waals surface area contributed by atoms with Gasteiger partial charge < -0.3 is 10.1 Å². The lowest BCUT2D eigenvalue weighted by Gasteiger charge is -2.30. The van der Waals surface area contributed by atoms with Gasteiger partial charge in [-0.25, -0.2) is 12.7 Å². The third kappa shape index (κ3) is 6.02. The molecule has 29 heavy (non-hydrogen) atoms. The molecule has 6 nitrogen and oxygen atoms in total. The van der Waals surface area contributed by atoms with Crippen LogP contribution in [0.15, 0.2) is 48.5 Å². The molecule has 1 aliphatic rings. The third-order valence-corrected chi connectivity index (χ3v) is 7.05. The van der Waals surface area contributed by atoms with E-state index < -0.39 is 10.0 Å². The number of ether oxygens (including phenoxy) is 1. The van der Waals surface area contributed by atoms with Crippen molar-refractivity contribution in [3.05, 3.63) is 64.7 Å². The summed E-state index contributed by atoms with van der Waals surface area (Å²) in [4.78, 5) is 12.6. The maximum absolute atomic E-state index is 12.7. The highest BCUT2D eigenvalue weighted by molar-refractivity contribution is 7.88. The number of nitrogens with one attached hydrogen (secondary N) is 1. The van der Waals surface area contributed by atoms with Gasteiger partial charge in [-0.2, -0.15) is 0 Å². The first-order valence-electron chi connectivity index (χ1n) is 9.48. The molecule has 0 saturated carbocycles. The number of amides is 1. The molecule has 1 N–H and O–H groups in total. The van der Waals surface area contributed by atoms with Crippen molar-refractivity contribution in [1.29, 1.82) is 0 Å². The van der Waals surface area contributed by atoms with Crippen molar-refractivity contribution in [2.75, 3.05) is 25.5 Å². The summed E-state index contributed by atoms with van der Waals surface area (Å²) in [6, 6.07) is 14.4. The molecular weight excluding hydrogens is 412 g/mol. The van der Waals surface area contributed by atoms with Crippen molar-refractivity contribution in [1.82, 2.24) is 4.31 Å². The number of anilines is 1. The Morgan fingerprint density at radius 2 is 1.83 bits per heavy atom. The number of nitrogens with zero attached hydrogens (tertiary/aromatic N) is 1. The number of rotatable bonds is 7. The molecule has 1 fully saturated rings. The molecule has 156 valence electrons. The molecule has 0 unspecified atom stereocenters. The highest BCUT2D eigenvalue weighted by atomic mass is 35.5. The lowest BCUT2D eigenvalue weighted by molar-refractivity contribution is -0.120. The Bertz CT molecular complexity index is 957. The van der Waals surface area contributed by atoms with E-state index in [4.69, 9.17) is 16.3 Å². The van der Waals surface area contributed by atoms with E-state index in [1.165, 1.54) is 4.31 Å². The average molecular weight is 437 g/mol. The Kier molecular flexibility index (Phi) is 7.29. The van der Waals surface area contributed by atoms with E-state index in [9.17, 15) is 13.2 Å². The van der Waals surface area contributed by atoms with Crippen LogP contribution in [0.1, 0.15) is 24.0 Å². The third-order valence-electron chi connectivity index (χ3n) is 4.96. The van der Waals surface area contributed by atoms with Crippen LogP contribution in [0.25, 0.3) is 0 Å². The van der Waals surface area contributed by atoms with Gasteiger partial charge >= 0.3 is 0 Å². The van der Waals surface area contributed by atoms with Crippen molar-refractivity contribution in [3.8, 4) is 0 Å². The monoisotopic (exact) mass is 436 g/mol. The van der Waals surface area contributed by atoms with Gasteiger partial charge in [-0.15, -0.1) is 0 Å². The van der Waals surface area contributed by atoms with Crippen molar-refractivity contribution >= 4 is 33.2 Å². The largest absolute Gasteiger partial charge is 0.380 e. The van der Waals surface area contributed by atoms with Crippen LogP contribution in [0.3, 0.4) is 0 Å². The Morgan fingerprint density at radius 3 is 2.52 bits per heavy atom. The molecule has 3 rings (SSSR count). The van der Waals surface area contributed by atoms with E-state index in [0.29, 0.717) is 43.1 Å². The molecule has 0 aromatic heterocycles. The minimum atomic E-state index is -3.44. The molecule has 0 bridgehead atoms. The second kappa shape index (κ2) is 9.71. The number of piperidine rings is 1. The molecule has 2 aromatic carbocycles. The zero-order chi connectivity index (χ0) is 20.9. The van der Waals surface area contributed by atoms with Gasteiger partial charge in [0.1, 0.15) is 0 Å². The van der Waals surface area contributed by atoms with E-state index in [1.807, 2.05) is 24.3 Å². The maximum atomic E-state index is 12.7. The summed E-state index contributed by atoms with van der Waals surface area (Å²) < 4.78 is 32.0. The molecule has 0 aliphatic carbocycles. The van der Waals surface area contributed by atoms with Crippen LogP contribution in [-0.4, -0.2) is 38.8 Å². The molecule has 0 spiro atoms. The minimum absolute atomic E-state index is 0.0774. The number of methoxy groups -OCH3 is 1. The minimum Gasteiger partial charge on any atom is -0.380 e. The van der Waals surface area contributed by atoms with Crippen molar-refractivity contribution in [2.24, 2.45) is 5.92 Å². The standard InChI is InChI=1S/C21H25ClN2O4S/c1-28-14-16-4-3-7-20(13-16)23-21(25)18-8-10-24(11-9-18)29(26,27)15-17-5-2-6-19(22)12-17/h2-7,12-13,18H,8-11,14-15H2,1H3,(H,23,25). The lowest BCUT2D eigenvalue weighted by atomic mass is 9.97. The van der Waals surface area contributed by atoms with Crippen LogP contribution >= 0.6 is 11.6 Å². The highest BCUT2D eigenvalue weighted by Gasteiger charge is 2.31. The lowest BCUT2D eigenvalue weighted by Crippen LogP contribution is -2.41.